The van der Waals surface area contributed by atoms with E-state index in [9.17, 15) is 9.18 Å². The van der Waals surface area contributed by atoms with Gasteiger partial charge in [-0.3, -0.25) is 4.79 Å². The molecule has 1 rings (SSSR count). The van der Waals surface area contributed by atoms with Crippen molar-refractivity contribution in [2.24, 2.45) is 0 Å². The molecule has 0 aromatic rings. The van der Waals surface area contributed by atoms with E-state index >= 15 is 0 Å². The molecule has 0 aromatic carbocycles. The van der Waals surface area contributed by atoms with Crippen LogP contribution in [0.3, 0.4) is 0 Å². The molecule has 3 heteroatoms. The molecular weight excluding hydrogens is 147 g/mol. The van der Waals surface area contributed by atoms with Gasteiger partial charge in [0.2, 0.25) is 5.78 Å². The van der Waals surface area contributed by atoms with Gasteiger partial charge in [-0.1, -0.05) is 13.3 Å². The van der Waals surface area contributed by atoms with Crippen LogP contribution >= 0.6 is 0 Å². The van der Waals surface area contributed by atoms with E-state index in [2.05, 4.69) is 0 Å². The molecule has 0 N–H and O–H groups in total. The molecule has 1 aliphatic heterocycles. The summed E-state index contributed by atoms with van der Waals surface area (Å²) in [6.07, 6.45) is -0.312. The number of ketones is 1. The van der Waals surface area contributed by atoms with E-state index in [4.69, 9.17) is 4.74 Å². The van der Waals surface area contributed by atoms with Crippen molar-refractivity contribution in [3.05, 3.63) is 0 Å². The van der Waals surface area contributed by atoms with Crippen molar-refractivity contribution in [3.63, 3.8) is 0 Å². The number of Topliss-reactive ketones (excluding diaryl/α,β-unsaturated/α-hetero) is 1. The number of carbonyl (C=O) groups excluding carboxylic acids is 1. The molecule has 1 saturated heterocycles. The normalized spacial score (nSPS) is 31.5. The predicted octanol–water partition coefficient (Wildman–Crippen LogP) is 1.48. The van der Waals surface area contributed by atoms with E-state index in [-0.39, 0.29) is 5.78 Å². The van der Waals surface area contributed by atoms with Crippen LogP contribution in [0.15, 0.2) is 0 Å². The van der Waals surface area contributed by atoms with Crippen LogP contribution in [-0.2, 0) is 9.53 Å². The van der Waals surface area contributed by atoms with Crippen LogP contribution in [0.5, 0.6) is 0 Å². The zero-order chi connectivity index (χ0) is 8.48. The number of epoxide rings is 1. The maximum absolute atomic E-state index is 12.9. The van der Waals surface area contributed by atoms with Gasteiger partial charge >= 0.3 is 0 Å². The highest BCUT2D eigenvalue weighted by molar-refractivity contribution is 5.92. The molecule has 0 aliphatic carbocycles. The van der Waals surface area contributed by atoms with Crippen molar-refractivity contribution in [1.82, 2.24) is 0 Å². The molecule has 2 nitrogen and oxygen atoms in total. The molecule has 0 radical (unpaired) electrons. The maximum Gasteiger partial charge on any atom is 0.200 e. The van der Waals surface area contributed by atoms with E-state index < -0.39 is 11.8 Å². The summed E-state index contributed by atoms with van der Waals surface area (Å²) in [4.78, 5) is 11.1. The van der Waals surface area contributed by atoms with Crippen molar-refractivity contribution in [2.45, 2.75) is 38.5 Å². The SMILES string of the molecule is CCCC(F)C(=O)C1(C)CO1. The van der Waals surface area contributed by atoms with E-state index in [1.54, 1.807) is 6.92 Å². The maximum atomic E-state index is 12.9. The molecule has 0 saturated carbocycles. The summed E-state index contributed by atoms with van der Waals surface area (Å²) in [7, 11) is 0. The second-order valence-electron chi connectivity index (χ2n) is 3.14. The van der Waals surface area contributed by atoms with Gasteiger partial charge in [0, 0.05) is 0 Å². The number of carbonyl (C=O) groups is 1. The predicted molar refractivity (Wildman–Crippen MR) is 39.2 cm³/mol. The Hall–Kier alpha value is -0.440. The van der Waals surface area contributed by atoms with Gasteiger partial charge in [-0.15, -0.1) is 0 Å². The minimum atomic E-state index is -1.33. The van der Waals surface area contributed by atoms with Crippen LogP contribution in [0, 0.1) is 0 Å². The highest BCUT2D eigenvalue weighted by Crippen LogP contribution is 2.29. The lowest BCUT2D eigenvalue weighted by atomic mass is 10.0. The number of alkyl halides is 1. The largest absolute Gasteiger partial charge is 0.361 e. The fourth-order valence-corrected chi connectivity index (χ4v) is 0.966. The molecule has 1 fully saturated rings. The second-order valence-corrected chi connectivity index (χ2v) is 3.14. The van der Waals surface area contributed by atoms with Gasteiger partial charge in [0.05, 0.1) is 6.61 Å². The van der Waals surface area contributed by atoms with Crippen molar-refractivity contribution in [2.75, 3.05) is 6.61 Å². The second kappa shape index (κ2) is 2.89. The summed E-state index contributed by atoms with van der Waals surface area (Å²) >= 11 is 0. The zero-order valence-corrected chi connectivity index (χ0v) is 6.89. The van der Waals surface area contributed by atoms with Crippen LogP contribution in [0.1, 0.15) is 26.7 Å². The minimum Gasteiger partial charge on any atom is -0.361 e. The first-order valence-corrected chi connectivity index (χ1v) is 3.92. The third-order valence-electron chi connectivity index (χ3n) is 1.93. The number of halogens is 1. The third-order valence-corrected chi connectivity index (χ3v) is 1.93. The van der Waals surface area contributed by atoms with Crippen LogP contribution in [0.25, 0.3) is 0 Å². The lowest BCUT2D eigenvalue weighted by Crippen LogP contribution is -2.29. The van der Waals surface area contributed by atoms with Gasteiger partial charge in [0.25, 0.3) is 0 Å². The molecule has 64 valence electrons. The molecule has 0 aromatic heterocycles. The van der Waals surface area contributed by atoms with Gasteiger partial charge < -0.3 is 4.74 Å². The standard InChI is InChI=1S/C8H13FO2/c1-3-4-6(9)7(10)8(2)5-11-8/h6H,3-5H2,1-2H3. The number of ether oxygens (including phenoxy) is 1. The minimum absolute atomic E-state index is 0.317. The van der Waals surface area contributed by atoms with E-state index in [1.165, 1.54) is 0 Å². The topological polar surface area (TPSA) is 29.6 Å². The fraction of sp³-hybridized carbons (Fsp3) is 0.875. The average Bonchev–Trinajstić information content (AvgIpc) is 2.68. The van der Waals surface area contributed by atoms with Crippen LogP contribution in [-0.4, -0.2) is 24.2 Å². The van der Waals surface area contributed by atoms with E-state index in [0.717, 1.165) is 0 Å². The summed E-state index contributed by atoms with van der Waals surface area (Å²) in [5.74, 6) is -0.389. The first-order valence-electron chi connectivity index (χ1n) is 3.92. The van der Waals surface area contributed by atoms with Gasteiger partial charge in [0.15, 0.2) is 6.17 Å². The Balaban J connectivity index is 2.40. The highest BCUT2D eigenvalue weighted by Gasteiger charge is 2.49. The van der Waals surface area contributed by atoms with E-state index in [1.807, 2.05) is 6.92 Å². The Morgan fingerprint density at radius 1 is 1.82 bits per heavy atom. The summed E-state index contributed by atoms with van der Waals surface area (Å²) in [5, 5.41) is 0. The van der Waals surface area contributed by atoms with Crippen LogP contribution in [0.4, 0.5) is 4.39 Å². The molecule has 2 atom stereocenters. The van der Waals surface area contributed by atoms with Crippen molar-refractivity contribution >= 4 is 5.78 Å². The van der Waals surface area contributed by atoms with Gasteiger partial charge in [-0.25, -0.2) is 4.39 Å². The van der Waals surface area contributed by atoms with Crippen LogP contribution in [0.2, 0.25) is 0 Å². The number of hydrogen-bond acceptors (Lipinski definition) is 2. The Morgan fingerprint density at radius 2 is 2.36 bits per heavy atom. The first-order chi connectivity index (χ1) is 5.10. The first kappa shape index (κ1) is 8.65. The van der Waals surface area contributed by atoms with Crippen molar-refractivity contribution < 1.29 is 13.9 Å². The summed E-state index contributed by atoms with van der Waals surface area (Å²) < 4.78 is 17.7. The molecule has 0 bridgehead atoms. The number of rotatable bonds is 4. The molecule has 1 aliphatic rings. The zero-order valence-electron chi connectivity index (χ0n) is 6.89. The van der Waals surface area contributed by atoms with Crippen molar-refractivity contribution in [3.8, 4) is 0 Å². The molecular formula is C8H13FO2. The van der Waals surface area contributed by atoms with Gasteiger partial charge in [-0.2, -0.15) is 0 Å². The molecule has 0 amide bonds. The van der Waals surface area contributed by atoms with Crippen molar-refractivity contribution in [1.29, 1.82) is 0 Å². The van der Waals surface area contributed by atoms with E-state index in [0.29, 0.717) is 19.4 Å². The Bertz CT molecular complexity index is 163. The summed E-state index contributed by atoms with van der Waals surface area (Å²) in [6, 6.07) is 0. The van der Waals surface area contributed by atoms with Gasteiger partial charge in [-0.05, 0) is 13.3 Å². The molecule has 1 heterocycles. The third kappa shape index (κ3) is 1.77. The fourth-order valence-electron chi connectivity index (χ4n) is 0.966. The number of hydrogen-bond donors (Lipinski definition) is 0. The smallest absolute Gasteiger partial charge is 0.200 e. The Kier molecular flexibility index (Phi) is 2.28. The Morgan fingerprint density at radius 3 is 2.73 bits per heavy atom. The molecule has 2 unspecified atom stereocenters. The Labute approximate surface area is 65.7 Å². The monoisotopic (exact) mass is 160 g/mol. The summed E-state index contributed by atoms with van der Waals surface area (Å²) in [6.45, 7) is 3.88. The quantitative estimate of drug-likeness (QED) is 0.583. The lowest BCUT2D eigenvalue weighted by Gasteiger charge is -2.07. The molecule has 11 heavy (non-hydrogen) atoms. The summed E-state index contributed by atoms with van der Waals surface area (Å²) in [5.41, 5.74) is -0.783. The molecule has 0 spiro atoms. The van der Waals surface area contributed by atoms with Crippen LogP contribution < -0.4 is 0 Å². The van der Waals surface area contributed by atoms with Gasteiger partial charge in [0.1, 0.15) is 5.60 Å². The average molecular weight is 160 g/mol. The highest BCUT2D eigenvalue weighted by atomic mass is 19.1. The lowest BCUT2D eigenvalue weighted by molar-refractivity contribution is -0.128.